The molecule has 44 heavy (non-hydrogen) atoms. The maximum absolute atomic E-state index is 14.3. The first-order valence-corrected chi connectivity index (χ1v) is 14.6. The molecule has 2 aliphatic heterocycles. The van der Waals surface area contributed by atoms with Crippen molar-refractivity contribution in [1.29, 1.82) is 0 Å². The van der Waals surface area contributed by atoms with Gasteiger partial charge in [-0.05, 0) is 30.9 Å². The summed E-state index contributed by atoms with van der Waals surface area (Å²) in [5, 5.41) is 2.58. The summed E-state index contributed by atoms with van der Waals surface area (Å²) in [6.07, 6.45) is 1.91. The fourth-order valence-electron chi connectivity index (χ4n) is 5.28. The zero-order valence-electron chi connectivity index (χ0n) is 24.5. The molecule has 0 spiro atoms. The van der Waals surface area contributed by atoms with Crippen molar-refractivity contribution >= 4 is 11.8 Å². The average Bonchev–Trinajstić information content (AvgIpc) is 3.03. The highest BCUT2D eigenvalue weighted by Crippen LogP contribution is 2.27. The van der Waals surface area contributed by atoms with Crippen molar-refractivity contribution in [2.45, 2.75) is 51.9 Å². The molecular weight excluding hydrogens is 576 g/mol. The number of nitrogens with one attached hydrogen (secondary N) is 1. The first kappa shape index (κ1) is 31.3. The molecule has 0 bridgehead atoms. The smallest absolute Gasteiger partial charge is 0.274 e. The third-order valence-corrected chi connectivity index (χ3v) is 7.63. The van der Waals surface area contributed by atoms with Crippen molar-refractivity contribution in [3.8, 4) is 5.75 Å². The van der Waals surface area contributed by atoms with Crippen LogP contribution >= 0.6 is 0 Å². The summed E-state index contributed by atoms with van der Waals surface area (Å²) < 4.78 is 52.3. The van der Waals surface area contributed by atoms with Crippen molar-refractivity contribution in [2.75, 3.05) is 33.4 Å². The van der Waals surface area contributed by atoms with Crippen LogP contribution in [0.15, 0.2) is 53.3 Å². The maximum atomic E-state index is 14.3. The number of aromatic nitrogens is 1. The quantitative estimate of drug-likeness (QED) is 0.332. The van der Waals surface area contributed by atoms with Gasteiger partial charge in [0.2, 0.25) is 5.43 Å². The van der Waals surface area contributed by atoms with Gasteiger partial charge in [0.25, 0.3) is 11.8 Å². The molecule has 1 N–H and O–H groups in total. The second-order valence-corrected chi connectivity index (χ2v) is 10.6. The Morgan fingerprint density at radius 1 is 1.07 bits per heavy atom. The fraction of sp³-hybridized carbons (Fsp3) is 0.406. The third-order valence-electron chi connectivity index (χ3n) is 7.63. The van der Waals surface area contributed by atoms with E-state index in [-0.39, 0.29) is 54.6 Å². The Hall–Kier alpha value is -4.13. The lowest BCUT2D eigenvalue weighted by molar-refractivity contribution is -0.170. The van der Waals surface area contributed by atoms with Gasteiger partial charge in [0.05, 0.1) is 18.9 Å². The number of carbonyl (C=O) groups is 2. The molecule has 0 aliphatic carbocycles. The fourth-order valence-corrected chi connectivity index (χ4v) is 5.28. The lowest BCUT2D eigenvalue weighted by Gasteiger charge is -2.33. The average molecular weight is 612 g/mol. The van der Waals surface area contributed by atoms with Crippen LogP contribution in [0.25, 0.3) is 0 Å². The summed E-state index contributed by atoms with van der Waals surface area (Å²) in [5.74, 6) is -3.10. The molecule has 234 valence electrons. The van der Waals surface area contributed by atoms with Crippen LogP contribution in [0.1, 0.15) is 56.9 Å². The van der Waals surface area contributed by atoms with Crippen LogP contribution in [0.3, 0.4) is 0 Å². The molecule has 1 fully saturated rings. The van der Waals surface area contributed by atoms with E-state index in [2.05, 4.69) is 5.32 Å². The van der Waals surface area contributed by atoms with Crippen molar-refractivity contribution in [3.63, 3.8) is 0 Å². The number of fused-ring (bicyclic) bond motifs is 1. The molecule has 1 saturated heterocycles. The zero-order chi connectivity index (χ0) is 31.1. The van der Waals surface area contributed by atoms with Gasteiger partial charge < -0.3 is 33.7 Å². The van der Waals surface area contributed by atoms with Gasteiger partial charge in [0, 0.05) is 51.5 Å². The third kappa shape index (κ3) is 7.15. The molecule has 2 aliphatic rings. The largest absolute Gasteiger partial charge is 0.483 e. The number of amides is 2. The predicted molar refractivity (Wildman–Crippen MR) is 155 cm³/mol. The van der Waals surface area contributed by atoms with Crippen molar-refractivity contribution in [1.82, 2.24) is 14.8 Å². The number of benzene rings is 2. The lowest BCUT2D eigenvalue weighted by Crippen LogP contribution is -2.46. The van der Waals surface area contributed by atoms with E-state index in [9.17, 15) is 23.2 Å². The van der Waals surface area contributed by atoms with Gasteiger partial charge in [-0.25, -0.2) is 8.78 Å². The van der Waals surface area contributed by atoms with E-state index >= 15 is 0 Å². The van der Waals surface area contributed by atoms with Crippen LogP contribution in [0, 0.1) is 11.6 Å². The van der Waals surface area contributed by atoms with E-state index in [0.29, 0.717) is 32.7 Å². The van der Waals surface area contributed by atoms with Crippen molar-refractivity contribution in [3.05, 3.63) is 98.5 Å². The molecule has 0 saturated carbocycles. The minimum Gasteiger partial charge on any atom is -0.483 e. The summed E-state index contributed by atoms with van der Waals surface area (Å²) in [5.41, 5.74) is -0.0937. The number of carbonyl (C=O) groups excluding carboxylic acids is 2. The molecule has 3 heterocycles. The van der Waals surface area contributed by atoms with Gasteiger partial charge >= 0.3 is 0 Å². The maximum Gasteiger partial charge on any atom is 0.274 e. The van der Waals surface area contributed by atoms with Gasteiger partial charge in [-0.1, -0.05) is 36.4 Å². The number of methoxy groups -OCH3 is 1. The van der Waals surface area contributed by atoms with E-state index in [1.54, 1.807) is 9.47 Å². The summed E-state index contributed by atoms with van der Waals surface area (Å²) in [6, 6.07) is 12.1. The van der Waals surface area contributed by atoms with Gasteiger partial charge in [0.1, 0.15) is 23.8 Å². The molecule has 5 rings (SSSR count). The standard InChI is InChI=1S/C32H35F2N3O7/c1-41-16-14-36-12-13-37-25(20-43-26-9-5-6-15-42-26)27(31(39)35-18-22-10-11-23(33)17-24(22)34)29(38)30(28(37)32(36)40)44-19-21-7-3-2-4-8-21/h2-4,7-8,10-11,17,26H,5-6,9,12-16,18-20H2,1H3,(H,35,39). The van der Waals surface area contributed by atoms with Crippen LogP contribution in [0.5, 0.6) is 5.75 Å². The van der Waals surface area contributed by atoms with Gasteiger partial charge in [0.15, 0.2) is 17.7 Å². The monoisotopic (exact) mass is 611 g/mol. The second-order valence-electron chi connectivity index (χ2n) is 10.6. The van der Waals surface area contributed by atoms with Crippen LogP contribution in [-0.4, -0.2) is 61.0 Å². The number of rotatable bonds is 12. The highest BCUT2D eigenvalue weighted by molar-refractivity contribution is 6.00. The number of pyridine rings is 1. The molecule has 2 aromatic carbocycles. The second kappa shape index (κ2) is 14.6. The topological polar surface area (TPSA) is 108 Å². The van der Waals surface area contributed by atoms with Gasteiger partial charge in [-0.3, -0.25) is 14.4 Å². The van der Waals surface area contributed by atoms with Crippen LogP contribution in [-0.2, 0) is 40.5 Å². The number of ether oxygens (including phenoxy) is 4. The minimum absolute atomic E-state index is 0.0116. The van der Waals surface area contributed by atoms with E-state index < -0.39 is 35.2 Å². The number of hydrogen-bond donors (Lipinski definition) is 1. The molecule has 12 heteroatoms. The van der Waals surface area contributed by atoms with Crippen LogP contribution < -0.4 is 15.5 Å². The molecule has 1 aromatic heterocycles. The van der Waals surface area contributed by atoms with E-state index in [4.69, 9.17) is 18.9 Å². The zero-order valence-corrected chi connectivity index (χ0v) is 24.5. The van der Waals surface area contributed by atoms with Crippen molar-refractivity contribution < 1.29 is 37.3 Å². The van der Waals surface area contributed by atoms with Crippen molar-refractivity contribution in [2.24, 2.45) is 0 Å². The first-order chi connectivity index (χ1) is 21.4. The van der Waals surface area contributed by atoms with E-state index in [0.717, 1.165) is 30.5 Å². The number of halogens is 2. The Balaban J connectivity index is 1.56. The molecule has 2 amide bonds. The molecule has 10 nitrogen and oxygen atoms in total. The molecule has 0 radical (unpaired) electrons. The summed E-state index contributed by atoms with van der Waals surface area (Å²) >= 11 is 0. The number of nitrogens with zero attached hydrogens (tertiary/aromatic N) is 2. The molecule has 1 atom stereocenters. The summed E-state index contributed by atoms with van der Waals surface area (Å²) in [7, 11) is 1.53. The SMILES string of the molecule is COCCN1CCn2c(COC3CCCCO3)c(C(=O)NCc3ccc(F)cc3F)c(=O)c(OCc3ccccc3)c2C1=O. The van der Waals surface area contributed by atoms with Gasteiger partial charge in [-0.2, -0.15) is 0 Å². The molecule has 3 aromatic rings. The number of hydrogen-bond acceptors (Lipinski definition) is 7. The predicted octanol–water partition coefficient (Wildman–Crippen LogP) is 3.78. The minimum atomic E-state index is -0.834. The Morgan fingerprint density at radius 3 is 2.61 bits per heavy atom. The lowest BCUT2D eigenvalue weighted by atomic mass is 10.1. The van der Waals surface area contributed by atoms with Crippen LogP contribution in [0.2, 0.25) is 0 Å². The highest BCUT2D eigenvalue weighted by atomic mass is 19.1. The van der Waals surface area contributed by atoms with Gasteiger partial charge in [-0.15, -0.1) is 0 Å². The summed E-state index contributed by atoms with van der Waals surface area (Å²) in [4.78, 5) is 43.3. The molecule has 1 unspecified atom stereocenters. The summed E-state index contributed by atoms with van der Waals surface area (Å²) in [6.45, 7) is 1.16. The van der Waals surface area contributed by atoms with E-state index in [1.807, 2.05) is 30.3 Å². The first-order valence-electron chi connectivity index (χ1n) is 14.6. The Bertz CT molecular complexity index is 1540. The Morgan fingerprint density at radius 2 is 1.89 bits per heavy atom. The molecular formula is C32H35F2N3O7. The normalized spacial score (nSPS) is 16.5. The Labute approximate surface area is 253 Å². The highest BCUT2D eigenvalue weighted by Gasteiger charge is 2.35. The van der Waals surface area contributed by atoms with E-state index in [1.165, 1.54) is 13.2 Å². The van der Waals surface area contributed by atoms with Crippen LogP contribution in [0.4, 0.5) is 8.78 Å². The Kier molecular flexibility index (Phi) is 10.4.